The minimum absolute atomic E-state index is 0.0865. The highest BCUT2D eigenvalue weighted by Gasteiger charge is 2.18. The fraction of sp³-hybridized carbons (Fsp3) is 0.600. The lowest BCUT2D eigenvalue weighted by Gasteiger charge is -2.18. The number of hydrogen-bond donors (Lipinski definition) is 2. The zero-order valence-electron chi connectivity index (χ0n) is 12.5. The van der Waals surface area contributed by atoms with E-state index in [1.165, 1.54) is 0 Å². The number of carboxylic acids is 1. The Kier molecular flexibility index (Phi) is 5.33. The summed E-state index contributed by atoms with van der Waals surface area (Å²) in [4.78, 5) is 15.9. The predicted octanol–water partition coefficient (Wildman–Crippen LogP) is 2.23. The molecule has 0 saturated heterocycles. The molecule has 1 aliphatic rings. The summed E-state index contributed by atoms with van der Waals surface area (Å²) in [5.41, 5.74) is 2.31. The molecule has 2 unspecified atom stereocenters. The molecule has 2 atom stereocenters. The summed E-state index contributed by atoms with van der Waals surface area (Å²) >= 11 is 0. The summed E-state index contributed by atoms with van der Waals surface area (Å²) < 4.78 is 11.3. The van der Waals surface area contributed by atoms with Gasteiger partial charge in [0, 0.05) is 34.5 Å². The van der Waals surface area contributed by atoms with E-state index in [4.69, 9.17) is 0 Å². The van der Waals surface area contributed by atoms with Gasteiger partial charge in [0.1, 0.15) is 11.4 Å². The second-order valence-corrected chi connectivity index (χ2v) is 7.33. The monoisotopic (exact) mass is 310 g/mol. The van der Waals surface area contributed by atoms with Crippen LogP contribution in [0.15, 0.2) is 6.07 Å². The summed E-state index contributed by atoms with van der Waals surface area (Å²) in [5.74, 6) is -0.511. The highest BCUT2D eigenvalue weighted by Crippen LogP contribution is 2.24. The Bertz CT molecular complexity index is 560. The third kappa shape index (κ3) is 4.03. The van der Waals surface area contributed by atoms with E-state index in [0.717, 1.165) is 43.4 Å². The normalized spacial score (nSPS) is 16.9. The first-order chi connectivity index (χ1) is 9.99. The van der Waals surface area contributed by atoms with E-state index in [-0.39, 0.29) is 10.8 Å². The van der Waals surface area contributed by atoms with Gasteiger partial charge < -0.3 is 10.4 Å². The number of rotatable bonds is 6. The maximum absolute atomic E-state index is 11.4. The largest absolute Gasteiger partial charge is 0.478 e. The van der Waals surface area contributed by atoms with Crippen molar-refractivity contribution in [2.24, 2.45) is 0 Å². The first-order valence-corrected chi connectivity index (χ1v) is 8.93. The Morgan fingerprint density at radius 3 is 2.86 bits per heavy atom. The van der Waals surface area contributed by atoms with E-state index in [9.17, 15) is 14.1 Å². The van der Waals surface area contributed by atoms with Crippen molar-refractivity contribution in [3.8, 4) is 0 Å². The molecule has 0 bridgehead atoms. The first kappa shape index (κ1) is 15.9. The van der Waals surface area contributed by atoms with Crippen molar-refractivity contribution < 1.29 is 14.1 Å². The second kappa shape index (κ2) is 7.02. The van der Waals surface area contributed by atoms with Crippen LogP contribution in [0.3, 0.4) is 0 Å². The van der Waals surface area contributed by atoms with Crippen LogP contribution in [-0.2, 0) is 23.6 Å². The number of anilines is 1. The van der Waals surface area contributed by atoms with Crippen molar-refractivity contribution in [1.82, 2.24) is 4.98 Å². The van der Waals surface area contributed by atoms with Crippen LogP contribution in [0, 0.1) is 0 Å². The lowest BCUT2D eigenvalue weighted by molar-refractivity contribution is 0.0697. The van der Waals surface area contributed by atoms with Gasteiger partial charge >= 0.3 is 5.97 Å². The van der Waals surface area contributed by atoms with Crippen molar-refractivity contribution in [2.75, 3.05) is 18.1 Å². The molecular weight excluding hydrogens is 288 g/mol. The first-order valence-electron chi connectivity index (χ1n) is 7.31. The molecule has 21 heavy (non-hydrogen) atoms. The van der Waals surface area contributed by atoms with Gasteiger partial charge in [-0.25, -0.2) is 9.78 Å². The van der Waals surface area contributed by atoms with Gasteiger partial charge in [0.15, 0.2) is 0 Å². The molecule has 0 amide bonds. The molecule has 2 rings (SSSR count). The summed E-state index contributed by atoms with van der Waals surface area (Å²) in [6.45, 7) is 2.50. The van der Waals surface area contributed by atoms with Crippen molar-refractivity contribution in [1.29, 1.82) is 0 Å². The predicted molar refractivity (Wildman–Crippen MR) is 84.5 cm³/mol. The number of carbonyl (C=O) groups is 1. The van der Waals surface area contributed by atoms with E-state index in [0.29, 0.717) is 12.4 Å². The fourth-order valence-electron chi connectivity index (χ4n) is 2.49. The Morgan fingerprint density at radius 1 is 1.48 bits per heavy atom. The highest BCUT2D eigenvalue weighted by molar-refractivity contribution is 7.84. The molecular formula is C15H22N2O3S. The van der Waals surface area contributed by atoms with E-state index in [2.05, 4.69) is 10.3 Å². The van der Waals surface area contributed by atoms with Crippen molar-refractivity contribution in [3.05, 3.63) is 22.9 Å². The summed E-state index contributed by atoms with van der Waals surface area (Å²) in [6, 6.07) is 1.76. The van der Waals surface area contributed by atoms with Crippen molar-refractivity contribution >= 4 is 22.6 Å². The summed E-state index contributed by atoms with van der Waals surface area (Å²) in [7, 11) is -0.861. The van der Waals surface area contributed by atoms with Crippen LogP contribution in [-0.4, -0.2) is 38.3 Å². The molecule has 0 aromatic carbocycles. The maximum Gasteiger partial charge on any atom is 0.339 e. The molecule has 1 aliphatic carbocycles. The Balaban J connectivity index is 2.13. The smallest absolute Gasteiger partial charge is 0.339 e. The van der Waals surface area contributed by atoms with E-state index >= 15 is 0 Å². The number of hydrogen-bond acceptors (Lipinski definition) is 4. The number of nitrogens with zero attached hydrogens (tertiary/aromatic N) is 1. The zero-order chi connectivity index (χ0) is 15.4. The fourth-order valence-corrected chi connectivity index (χ4v) is 2.94. The van der Waals surface area contributed by atoms with Gasteiger partial charge in [-0.2, -0.15) is 0 Å². The summed E-state index contributed by atoms with van der Waals surface area (Å²) in [6.07, 6.45) is 6.44. The number of fused-ring (bicyclic) bond motifs is 1. The van der Waals surface area contributed by atoms with Crippen LogP contribution < -0.4 is 5.32 Å². The number of nitrogens with one attached hydrogen (secondary N) is 1. The lowest BCUT2D eigenvalue weighted by atomic mass is 9.94. The van der Waals surface area contributed by atoms with E-state index in [1.807, 2.05) is 6.92 Å². The molecule has 1 aromatic rings. The molecule has 0 fully saturated rings. The van der Waals surface area contributed by atoms with Gasteiger partial charge in [-0.05, 0) is 43.7 Å². The van der Waals surface area contributed by atoms with Gasteiger partial charge in [0.05, 0.1) is 0 Å². The molecule has 0 spiro atoms. The van der Waals surface area contributed by atoms with Crippen LogP contribution in [0.2, 0.25) is 0 Å². The number of aromatic carboxylic acids is 1. The van der Waals surface area contributed by atoms with Crippen molar-refractivity contribution in [3.63, 3.8) is 0 Å². The van der Waals surface area contributed by atoms with Crippen LogP contribution in [0.25, 0.3) is 0 Å². The summed E-state index contributed by atoms with van der Waals surface area (Å²) in [5, 5.41) is 12.5. The van der Waals surface area contributed by atoms with Gasteiger partial charge in [-0.3, -0.25) is 4.21 Å². The van der Waals surface area contributed by atoms with Crippen LogP contribution in [0.1, 0.15) is 47.8 Å². The Labute approximate surface area is 127 Å². The third-order valence-corrected chi connectivity index (χ3v) is 5.31. The molecule has 0 radical (unpaired) electrons. The molecule has 1 aromatic heterocycles. The number of pyridine rings is 1. The quantitative estimate of drug-likeness (QED) is 0.842. The topological polar surface area (TPSA) is 79.3 Å². The van der Waals surface area contributed by atoms with Gasteiger partial charge in [0.25, 0.3) is 0 Å². The number of carboxylic acid groups (broad SMARTS) is 1. The molecule has 1 heterocycles. The lowest BCUT2D eigenvalue weighted by Crippen LogP contribution is -2.18. The van der Waals surface area contributed by atoms with Crippen LogP contribution in [0.4, 0.5) is 5.82 Å². The minimum atomic E-state index is -0.953. The molecule has 2 N–H and O–H groups in total. The van der Waals surface area contributed by atoms with Gasteiger partial charge in [0.2, 0.25) is 0 Å². The number of aryl methyl sites for hydroxylation is 2. The average Bonchev–Trinajstić information content (AvgIpc) is 2.46. The van der Waals surface area contributed by atoms with Crippen LogP contribution >= 0.6 is 0 Å². The SMILES string of the molecule is CC(CCNc1nc2c(cc1C(=O)O)CCCC2)S(C)=O. The molecule has 116 valence electrons. The molecule has 6 heteroatoms. The average molecular weight is 310 g/mol. The van der Waals surface area contributed by atoms with E-state index in [1.54, 1.807) is 12.3 Å². The molecule has 0 aliphatic heterocycles. The molecule has 0 saturated carbocycles. The Hall–Kier alpha value is -1.43. The highest BCUT2D eigenvalue weighted by atomic mass is 32.2. The van der Waals surface area contributed by atoms with E-state index < -0.39 is 16.8 Å². The maximum atomic E-state index is 11.4. The van der Waals surface area contributed by atoms with Gasteiger partial charge in [-0.15, -0.1) is 0 Å². The second-order valence-electron chi connectivity index (χ2n) is 5.53. The Morgan fingerprint density at radius 2 is 2.19 bits per heavy atom. The zero-order valence-corrected chi connectivity index (χ0v) is 13.3. The molecule has 5 nitrogen and oxygen atoms in total. The van der Waals surface area contributed by atoms with Crippen LogP contribution in [0.5, 0.6) is 0 Å². The third-order valence-electron chi connectivity index (χ3n) is 3.94. The standard InChI is InChI=1S/C15H22N2O3S/c1-10(21(2)20)7-8-16-14-12(15(18)19)9-11-5-3-4-6-13(11)17-14/h9-10H,3-8H2,1-2H3,(H,16,17)(H,18,19). The minimum Gasteiger partial charge on any atom is -0.478 e. The number of aromatic nitrogens is 1. The van der Waals surface area contributed by atoms with Gasteiger partial charge in [-0.1, -0.05) is 6.92 Å². The van der Waals surface area contributed by atoms with Crippen molar-refractivity contribution in [2.45, 2.75) is 44.3 Å².